The van der Waals surface area contributed by atoms with E-state index >= 15 is 0 Å². The van der Waals surface area contributed by atoms with Gasteiger partial charge in [-0.3, -0.25) is 24.6 Å². The number of nitrogens with zero attached hydrogens (tertiary/aromatic N) is 5. The highest BCUT2D eigenvalue weighted by Gasteiger charge is 2.22. The van der Waals surface area contributed by atoms with E-state index < -0.39 is 0 Å². The molecule has 1 amide bonds. The third kappa shape index (κ3) is 4.80. The average molecular weight is 464 g/mol. The number of carbonyl (C=O) groups is 1. The van der Waals surface area contributed by atoms with Crippen LogP contribution >= 0.6 is 11.3 Å². The Morgan fingerprint density at radius 3 is 2.73 bits per heavy atom. The highest BCUT2D eigenvalue weighted by molar-refractivity contribution is 7.22. The summed E-state index contributed by atoms with van der Waals surface area (Å²) in [6.07, 6.45) is 4.13. The second kappa shape index (κ2) is 9.78. The molecule has 1 aliphatic heterocycles. The molecule has 4 aromatic rings. The summed E-state index contributed by atoms with van der Waals surface area (Å²) in [6.45, 7) is 4.87. The Morgan fingerprint density at radius 1 is 1.09 bits per heavy atom. The predicted octanol–water partition coefficient (Wildman–Crippen LogP) is 3.62. The molecule has 5 rings (SSSR count). The molecule has 0 bridgehead atoms. The van der Waals surface area contributed by atoms with Crippen molar-refractivity contribution in [2.24, 2.45) is 0 Å². The van der Waals surface area contributed by atoms with Gasteiger partial charge in [0.2, 0.25) is 0 Å². The van der Waals surface area contributed by atoms with Gasteiger partial charge in [0.15, 0.2) is 5.13 Å². The number of ether oxygens (including phenoxy) is 2. The lowest BCUT2D eigenvalue weighted by Gasteiger charge is -2.27. The number of rotatable bonds is 7. The number of morpholine rings is 1. The van der Waals surface area contributed by atoms with Crippen LogP contribution in [0.1, 0.15) is 16.8 Å². The van der Waals surface area contributed by atoms with Crippen LogP contribution in [-0.2, 0) is 4.74 Å². The molecule has 2 aromatic carbocycles. The van der Waals surface area contributed by atoms with Crippen LogP contribution < -0.4 is 9.64 Å². The van der Waals surface area contributed by atoms with E-state index in [9.17, 15) is 4.79 Å². The maximum atomic E-state index is 13.7. The molecule has 2 aromatic heterocycles. The van der Waals surface area contributed by atoms with Crippen molar-refractivity contribution in [2.75, 3.05) is 51.4 Å². The molecule has 9 heteroatoms. The van der Waals surface area contributed by atoms with E-state index in [0.29, 0.717) is 22.8 Å². The molecule has 1 fully saturated rings. The van der Waals surface area contributed by atoms with Gasteiger partial charge >= 0.3 is 0 Å². The number of methoxy groups -OCH3 is 1. The number of hydrogen-bond donors (Lipinski definition) is 0. The van der Waals surface area contributed by atoms with Crippen molar-refractivity contribution < 1.29 is 14.3 Å². The molecule has 1 aliphatic rings. The molecule has 0 radical (unpaired) electrons. The van der Waals surface area contributed by atoms with E-state index in [1.165, 1.54) is 11.3 Å². The molecule has 0 aliphatic carbocycles. The summed E-state index contributed by atoms with van der Waals surface area (Å²) in [6, 6.07) is 11.2. The van der Waals surface area contributed by atoms with Crippen molar-refractivity contribution in [1.29, 1.82) is 0 Å². The molecule has 0 atom stereocenters. The van der Waals surface area contributed by atoms with Gasteiger partial charge in [-0.2, -0.15) is 0 Å². The van der Waals surface area contributed by atoms with E-state index in [4.69, 9.17) is 14.5 Å². The topological polar surface area (TPSA) is 80.7 Å². The highest BCUT2D eigenvalue weighted by Crippen LogP contribution is 2.32. The first-order valence-corrected chi connectivity index (χ1v) is 11.8. The first-order chi connectivity index (χ1) is 16.2. The van der Waals surface area contributed by atoms with Crippen molar-refractivity contribution in [3.63, 3.8) is 0 Å². The SMILES string of the molecule is COc1ccc2sc(N(CCCN3CCOCC3)C(=O)c3ccc4nccnc4c3)nc2c1. The van der Waals surface area contributed by atoms with Gasteiger partial charge < -0.3 is 9.47 Å². The lowest BCUT2D eigenvalue weighted by atomic mass is 10.1. The standard InChI is InChI=1S/C24H25N5O3S/c1-31-18-4-6-22-21(16-18)27-24(33-22)29(10-2-9-28-11-13-32-14-12-28)23(30)17-3-5-19-20(15-17)26-8-7-25-19/h3-8,15-16H,2,9-14H2,1H3. The van der Waals surface area contributed by atoms with Gasteiger partial charge in [-0.05, 0) is 36.8 Å². The van der Waals surface area contributed by atoms with E-state index in [2.05, 4.69) is 14.9 Å². The van der Waals surface area contributed by atoms with Crippen molar-refractivity contribution in [3.05, 3.63) is 54.4 Å². The van der Waals surface area contributed by atoms with Crippen LogP contribution in [0.25, 0.3) is 21.3 Å². The summed E-state index contributed by atoms with van der Waals surface area (Å²) in [5, 5.41) is 0.685. The lowest BCUT2D eigenvalue weighted by Crippen LogP contribution is -2.39. The van der Waals surface area contributed by atoms with Crippen molar-refractivity contribution in [2.45, 2.75) is 6.42 Å². The van der Waals surface area contributed by atoms with Crippen molar-refractivity contribution in [1.82, 2.24) is 19.9 Å². The summed E-state index contributed by atoms with van der Waals surface area (Å²) in [5.74, 6) is 0.660. The minimum Gasteiger partial charge on any atom is -0.497 e. The van der Waals surface area contributed by atoms with Gasteiger partial charge in [0, 0.05) is 50.2 Å². The zero-order valence-corrected chi connectivity index (χ0v) is 19.3. The molecule has 0 N–H and O–H groups in total. The number of carbonyl (C=O) groups excluding carboxylic acids is 1. The number of fused-ring (bicyclic) bond motifs is 2. The molecular formula is C24H25N5O3S. The molecule has 1 saturated heterocycles. The van der Waals surface area contributed by atoms with Crippen LogP contribution in [0.2, 0.25) is 0 Å². The monoisotopic (exact) mass is 463 g/mol. The maximum Gasteiger partial charge on any atom is 0.260 e. The van der Waals surface area contributed by atoms with Gasteiger partial charge in [0.25, 0.3) is 5.91 Å². The van der Waals surface area contributed by atoms with Gasteiger partial charge in [-0.1, -0.05) is 11.3 Å². The second-order valence-corrected chi connectivity index (χ2v) is 8.86. The highest BCUT2D eigenvalue weighted by atomic mass is 32.1. The number of benzene rings is 2. The minimum atomic E-state index is -0.0875. The van der Waals surface area contributed by atoms with E-state index in [1.54, 1.807) is 30.5 Å². The summed E-state index contributed by atoms with van der Waals surface area (Å²) in [4.78, 5) is 31.3. The summed E-state index contributed by atoms with van der Waals surface area (Å²) in [7, 11) is 1.64. The average Bonchev–Trinajstić information content (AvgIpc) is 3.29. The Morgan fingerprint density at radius 2 is 1.91 bits per heavy atom. The number of anilines is 1. The predicted molar refractivity (Wildman–Crippen MR) is 129 cm³/mol. The molecule has 0 unspecified atom stereocenters. The fraction of sp³-hybridized carbons (Fsp3) is 0.333. The molecule has 3 heterocycles. The normalized spacial score (nSPS) is 14.6. The van der Waals surface area contributed by atoms with Gasteiger partial charge in [0.1, 0.15) is 5.75 Å². The smallest absolute Gasteiger partial charge is 0.260 e. The van der Waals surface area contributed by atoms with Gasteiger partial charge in [-0.25, -0.2) is 4.98 Å². The zero-order chi connectivity index (χ0) is 22.6. The number of aromatic nitrogens is 3. The Bertz CT molecular complexity index is 1270. The van der Waals surface area contributed by atoms with Crippen LogP contribution in [0.4, 0.5) is 5.13 Å². The first kappa shape index (κ1) is 21.7. The fourth-order valence-electron chi connectivity index (χ4n) is 3.95. The summed E-state index contributed by atoms with van der Waals surface area (Å²) < 4.78 is 11.8. The third-order valence-corrected chi connectivity index (χ3v) is 6.79. The van der Waals surface area contributed by atoms with Gasteiger partial charge in [0.05, 0.1) is 41.6 Å². The molecule has 0 spiro atoms. The van der Waals surface area contributed by atoms with E-state index in [1.807, 2.05) is 30.3 Å². The van der Waals surface area contributed by atoms with Crippen molar-refractivity contribution >= 4 is 43.6 Å². The number of hydrogen-bond acceptors (Lipinski definition) is 8. The quantitative estimate of drug-likeness (QED) is 0.414. The van der Waals surface area contributed by atoms with Gasteiger partial charge in [-0.15, -0.1) is 0 Å². The number of amides is 1. The van der Waals surface area contributed by atoms with E-state index in [0.717, 1.165) is 60.8 Å². The Hall–Kier alpha value is -3.14. The van der Waals surface area contributed by atoms with E-state index in [-0.39, 0.29) is 5.91 Å². The van der Waals surface area contributed by atoms with Crippen LogP contribution in [0, 0.1) is 0 Å². The summed E-state index contributed by atoms with van der Waals surface area (Å²) >= 11 is 1.51. The molecule has 170 valence electrons. The Kier molecular flexibility index (Phi) is 6.43. The molecule has 33 heavy (non-hydrogen) atoms. The van der Waals surface area contributed by atoms with Crippen LogP contribution in [0.5, 0.6) is 5.75 Å². The molecule has 8 nitrogen and oxygen atoms in total. The fourth-order valence-corrected chi connectivity index (χ4v) is 4.92. The third-order valence-electron chi connectivity index (χ3n) is 5.74. The van der Waals surface area contributed by atoms with Crippen molar-refractivity contribution in [3.8, 4) is 5.75 Å². The number of thiazole rings is 1. The van der Waals surface area contributed by atoms with Crippen LogP contribution in [0.15, 0.2) is 48.8 Å². The minimum absolute atomic E-state index is 0.0875. The zero-order valence-electron chi connectivity index (χ0n) is 18.4. The first-order valence-electron chi connectivity index (χ1n) is 11.0. The maximum absolute atomic E-state index is 13.7. The lowest BCUT2D eigenvalue weighted by molar-refractivity contribution is 0.0376. The Labute approximate surface area is 195 Å². The molecular weight excluding hydrogens is 438 g/mol. The second-order valence-electron chi connectivity index (χ2n) is 7.85. The molecule has 0 saturated carbocycles. The Balaban J connectivity index is 1.43. The summed E-state index contributed by atoms with van der Waals surface area (Å²) in [5.41, 5.74) is 2.86. The van der Waals surface area contributed by atoms with Crippen LogP contribution in [-0.4, -0.2) is 72.3 Å². The van der Waals surface area contributed by atoms with Crippen LogP contribution in [0.3, 0.4) is 0 Å². The largest absolute Gasteiger partial charge is 0.497 e.